The first-order valence-corrected chi connectivity index (χ1v) is 15.5. The number of halogens is 2. The summed E-state index contributed by atoms with van der Waals surface area (Å²) in [6.07, 6.45) is 1.81. The maximum atomic E-state index is 14.1. The number of rotatable bonds is 8. The normalized spacial score (nSPS) is 14.6. The molecule has 0 unspecified atom stereocenters. The van der Waals surface area contributed by atoms with Crippen LogP contribution in [0, 0.1) is 0 Å². The standard InChI is InChI=1S/C35H26Cl2N2O4S/c1-2-42-34(41)30-31(23-11-5-3-6-12-23)38-35-39(32(30)24-13-7-4-8-14-24)33(40)29(44-35)19-22-10-9-15-27(18-22)43-21-25-16-17-26(36)20-28(25)37/h3-20,32H,2,21H2,1H3/b29-19-/t32-/m0/s1. The van der Waals surface area contributed by atoms with Gasteiger partial charge in [0.2, 0.25) is 0 Å². The summed E-state index contributed by atoms with van der Waals surface area (Å²) in [4.78, 5) is 33.0. The van der Waals surface area contributed by atoms with Gasteiger partial charge in [-0.15, -0.1) is 0 Å². The summed E-state index contributed by atoms with van der Waals surface area (Å²) >= 11 is 13.6. The van der Waals surface area contributed by atoms with Gasteiger partial charge in [0.15, 0.2) is 4.80 Å². The Balaban J connectivity index is 1.45. The zero-order valence-corrected chi connectivity index (χ0v) is 25.9. The number of ether oxygens (including phenoxy) is 2. The first kappa shape index (κ1) is 29.6. The lowest BCUT2D eigenvalue weighted by atomic mass is 9.93. The van der Waals surface area contributed by atoms with E-state index in [0.717, 1.165) is 22.3 Å². The van der Waals surface area contributed by atoms with E-state index in [1.165, 1.54) is 11.3 Å². The van der Waals surface area contributed by atoms with Crippen molar-refractivity contribution in [3.05, 3.63) is 161 Å². The maximum Gasteiger partial charge on any atom is 0.338 e. The summed E-state index contributed by atoms with van der Waals surface area (Å²) in [6, 6.07) is 31.0. The zero-order chi connectivity index (χ0) is 30.6. The Morgan fingerprint density at radius 3 is 2.43 bits per heavy atom. The van der Waals surface area contributed by atoms with E-state index < -0.39 is 12.0 Å². The molecule has 0 N–H and O–H groups in total. The number of hydrogen-bond acceptors (Lipinski definition) is 6. The molecular weight excluding hydrogens is 615 g/mol. The molecule has 1 aliphatic rings. The number of fused-ring (bicyclic) bond motifs is 1. The van der Waals surface area contributed by atoms with Gasteiger partial charge in [-0.25, -0.2) is 9.79 Å². The van der Waals surface area contributed by atoms with Gasteiger partial charge in [-0.3, -0.25) is 9.36 Å². The van der Waals surface area contributed by atoms with Crippen LogP contribution in [-0.4, -0.2) is 17.1 Å². The lowest BCUT2D eigenvalue weighted by molar-refractivity contribution is -0.138. The molecule has 0 aliphatic carbocycles. The van der Waals surface area contributed by atoms with Crippen LogP contribution >= 0.6 is 34.5 Å². The van der Waals surface area contributed by atoms with E-state index in [-0.39, 0.29) is 18.8 Å². The van der Waals surface area contributed by atoms with E-state index in [0.29, 0.717) is 36.4 Å². The summed E-state index contributed by atoms with van der Waals surface area (Å²) in [5.41, 5.74) is 3.68. The largest absolute Gasteiger partial charge is 0.489 e. The van der Waals surface area contributed by atoms with Gasteiger partial charge in [0.1, 0.15) is 12.4 Å². The van der Waals surface area contributed by atoms with Gasteiger partial charge in [-0.05, 0) is 48.4 Å². The molecule has 44 heavy (non-hydrogen) atoms. The Kier molecular flexibility index (Phi) is 8.79. The number of nitrogens with zero attached hydrogens (tertiary/aromatic N) is 2. The number of carbonyl (C=O) groups excluding carboxylic acids is 1. The van der Waals surface area contributed by atoms with E-state index in [4.69, 9.17) is 37.7 Å². The van der Waals surface area contributed by atoms with E-state index >= 15 is 0 Å². The van der Waals surface area contributed by atoms with Crippen LogP contribution in [0.2, 0.25) is 10.0 Å². The number of esters is 1. The molecule has 0 fully saturated rings. The molecule has 4 aromatic carbocycles. The van der Waals surface area contributed by atoms with Gasteiger partial charge in [-0.1, -0.05) is 113 Å². The first-order valence-electron chi connectivity index (χ1n) is 13.9. The summed E-state index contributed by atoms with van der Waals surface area (Å²) in [5, 5.41) is 1.08. The van der Waals surface area contributed by atoms with E-state index in [9.17, 15) is 9.59 Å². The van der Waals surface area contributed by atoms with Crippen LogP contribution in [0.5, 0.6) is 5.75 Å². The predicted octanol–water partition coefficient (Wildman–Crippen LogP) is 6.82. The third-order valence-corrected chi connectivity index (χ3v) is 8.62. The Hall–Kier alpha value is -4.43. The Morgan fingerprint density at radius 2 is 1.70 bits per heavy atom. The van der Waals surface area contributed by atoms with Gasteiger partial charge < -0.3 is 9.47 Å². The highest BCUT2D eigenvalue weighted by molar-refractivity contribution is 7.07. The minimum atomic E-state index is -0.720. The molecule has 0 amide bonds. The molecule has 0 bridgehead atoms. The van der Waals surface area contributed by atoms with Gasteiger partial charge >= 0.3 is 5.97 Å². The minimum absolute atomic E-state index is 0.193. The van der Waals surface area contributed by atoms with Crippen molar-refractivity contribution in [1.82, 2.24) is 4.57 Å². The van der Waals surface area contributed by atoms with Crippen molar-refractivity contribution in [2.45, 2.75) is 19.6 Å². The van der Waals surface area contributed by atoms with Crippen molar-refractivity contribution < 1.29 is 14.3 Å². The number of thiazole rings is 1. The van der Waals surface area contributed by atoms with Crippen LogP contribution in [-0.2, 0) is 16.1 Å². The summed E-state index contributed by atoms with van der Waals surface area (Å²) in [6.45, 7) is 2.21. The smallest absolute Gasteiger partial charge is 0.338 e. The number of hydrogen-bond donors (Lipinski definition) is 0. The molecule has 0 saturated heterocycles. The predicted molar refractivity (Wildman–Crippen MR) is 175 cm³/mol. The first-order chi connectivity index (χ1) is 21.4. The van der Waals surface area contributed by atoms with Crippen molar-refractivity contribution in [3.63, 3.8) is 0 Å². The third-order valence-electron chi connectivity index (χ3n) is 7.05. The Labute approximate surface area is 267 Å². The molecule has 0 saturated carbocycles. The molecule has 2 heterocycles. The van der Waals surface area contributed by atoms with Gasteiger partial charge in [0, 0.05) is 21.2 Å². The highest BCUT2D eigenvalue weighted by Crippen LogP contribution is 2.35. The van der Waals surface area contributed by atoms with Crippen LogP contribution in [0.25, 0.3) is 11.8 Å². The molecule has 9 heteroatoms. The molecule has 5 aromatic rings. The van der Waals surface area contributed by atoms with Crippen LogP contribution in [0.4, 0.5) is 0 Å². The second-order valence-corrected chi connectivity index (χ2v) is 11.8. The van der Waals surface area contributed by atoms with E-state index in [2.05, 4.69) is 0 Å². The Bertz CT molecular complexity index is 2050. The summed E-state index contributed by atoms with van der Waals surface area (Å²) in [5.74, 6) is 0.111. The molecule has 0 spiro atoms. The van der Waals surface area contributed by atoms with Gasteiger partial charge in [0.05, 0.1) is 28.5 Å². The van der Waals surface area contributed by atoms with Crippen molar-refractivity contribution in [3.8, 4) is 5.75 Å². The van der Waals surface area contributed by atoms with Crippen molar-refractivity contribution in [2.24, 2.45) is 4.99 Å². The lowest BCUT2D eigenvalue weighted by Gasteiger charge is -2.25. The molecule has 1 aliphatic heterocycles. The van der Waals surface area contributed by atoms with Crippen molar-refractivity contribution >= 4 is 52.3 Å². The van der Waals surface area contributed by atoms with Crippen LogP contribution < -0.4 is 19.6 Å². The highest BCUT2D eigenvalue weighted by Gasteiger charge is 2.35. The molecule has 6 rings (SSSR count). The second kappa shape index (κ2) is 13.1. The topological polar surface area (TPSA) is 69.9 Å². The molecule has 1 aromatic heterocycles. The van der Waals surface area contributed by atoms with Crippen LogP contribution in [0.3, 0.4) is 0 Å². The molecular formula is C35H26Cl2N2O4S. The molecule has 0 radical (unpaired) electrons. The van der Waals surface area contributed by atoms with E-state index in [1.807, 2.05) is 97.1 Å². The zero-order valence-electron chi connectivity index (χ0n) is 23.6. The summed E-state index contributed by atoms with van der Waals surface area (Å²) < 4.78 is 13.6. The average Bonchev–Trinajstić information content (AvgIpc) is 3.35. The monoisotopic (exact) mass is 640 g/mol. The summed E-state index contributed by atoms with van der Waals surface area (Å²) in [7, 11) is 0. The minimum Gasteiger partial charge on any atom is -0.489 e. The van der Waals surface area contributed by atoms with E-state index in [1.54, 1.807) is 23.6 Å². The second-order valence-electron chi connectivity index (χ2n) is 9.94. The molecule has 220 valence electrons. The van der Waals surface area contributed by atoms with Gasteiger partial charge in [0.25, 0.3) is 5.56 Å². The van der Waals surface area contributed by atoms with Crippen molar-refractivity contribution in [1.29, 1.82) is 0 Å². The Morgan fingerprint density at radius 1 is 0.955 bits per heavy atom. The molecule has 6 nitrogen and oxygen atoms in total. The number of carbonyl (C=O) groups is 1. The van der Waals surface area contributed by atoms with Gasteiger partial charge in [-0.2, -0.15) is 0 Å². The SMILES string of the molecule is CCOC(=O)C1=C(c2ccccc2)N=c2s/c(=C\c3cccc(OCc4ccc(Cl)cc4Cl)c3)c(=O)n2[C@H]1c1ccccc1. The number of benzene rings is 4. The van der Waals surface area contributed by atoms with Crippen LogP contribution in [0.1, 0.15) is 35.2 Å². The fraction of sp³-hybridized carbons (Fsp3) is 0.114. The quantitative estimate of drug-likeness (QED) is 0.175. The van der Waals surface area contributed by atoms with Crippen LogP contribution in [0.15, 0.2) is 118 Å². The fourth-order valence-electron chi connectivity index (χ4n) is 5.04. The molecule has 1 atom stereocenters. The third kappa shape index (κ3) is 6.13. The lowest BCUT2D eigenvalue weighted by Crippen LogP contribution is -2.39. The fourth-order valence-corrected chi connectivity index (χ4v) is 6.50. The van der Waals surface area contributed by atoms with Crippen molar-refractivity contribution in [2.75, 3.05) is 6.61 Å². The maximum absolute atomic E-state index is 14.1. The highest BCUT2D eigenvalue weighted by atomic mass is 35.5. The average molecular weight is 642 g/mol. The number of aromatic nitrogens is 1.